The number of nitrogens with one attached hydrogen (secondary N) is 1. The highest BCUT2D eigenvalue weighted by molar-refractivity contribution is 5.74. The fourth-order valence-corrected chi connectivity index (χ4v) is 1.66. The Morgan fingerprint density at radius 1 is 1.62 bits per heavy atom. The van der Waals surface area contributed by atoms with Gasteiger partial charge in [0.1, 0.15) is 6.61 Å². The number of carbonyl (C=O) groups excluding carboxylic acids is 1. The van der Waals surface area contributed by atoms with Crippen molar-refractivity contribution in [3.05, 3.63) is 23.9 Å². The van der Waals surface area contributed by atoms with E-state index in [1.165, 1.54) is 6.92 Å². The molecule has 1 heterocycles. The molecule has 4 nitrogen and oxygen atoms in total. The molecule has 4 heteroatoms. The second-order valence-electron chi connectivity index (χ2n) is 4.38. The van der Waals surface area contributed by atoms with Crippen LogP contribution in [-0.2, 0) is 4.79 Å². The maximum absolute atomic E-state index is 11.0. The largest absolute Gasteiger partial charge is 0.475 e. The number of nitrogens with zero attached hydrogens (tertiary/aromatic N) is 1. The molecule has 0 aliphatic heterocycles. The molecule has 0 spiro atoms. The first-order valence-corrected chi connectivity index (χ1v) is 5.44. The summed E-state index contributed by atoms with van der Waals surface area (Å²) in [5.74, 6) is 0.651. The van der Waals surface area contributed by atoms with Crippen LogP contribution in [0.25, 0.3) is 0 Å². The van der Waals surface area contributed by atoms with E-state index in [1.54, 1.807) is 6.20 Å². The van der Waals surface area contributed by atoms with Gasteiger partial charge in [0.2, 0.25) is 11.8 Å². The summed E-state index contributed by atoms with van der Waals surface area (Å²) >= 11 is 0. The van der Waals surface area contributed by atoms with Crippen LogP contribution in [0.5, 0.6) is 5.88 Å². The zero-order valence-electron chi connectivity index (χ0n) is 9.62. The van der Waals surface area contributed by atoms with Gasteiger partial charge in [-0.1, -0.05) is 6.07 Å². The van der Waals surface area contributed by atoms with Crippen LogP contribution in [0, 0.1) is 6.92 Å². The van der Waals surface area contributed by atoms with Crippen LogP contribution in [0.15, 0.2) is 18.3 Å². The molecule has 1 aromatic rings. The molecule has 86 valence electrons. The number of ether oxygens (including phenoxy) is 1. The number of amides is 1. The molecule has 1 amide bonds. The Labute approximate surface area is 95.0 Å². The van der Waals surface area contributed by atoms with Crippen molar-refractivity contribution < 1.29 is 9.53 Å². The molecule has 1 saturated carbocycles. The van der Waals surface area contributed by atoms with Gasteiger partial charge in [-0.15, -0.1) is 0 Å². The van der Waals surface area contributed by atoms with Gasteiger partial charge in [0.25, 0.3) is 0 Å². The van der Waals surface area contributed by atoms with Crippen LogP contribution in [0.1, 0.15) is 25.3 Å². The van der Waals surface area contributed by atoms with Gasteiger partial charge < -0.3 is 10.1 Å². The Morgan fingerprint density at radius 2 is 2.38 bits per heavy atom. The van der Waals surface area contributed by atoms with Crippen LogP contribution in [0.4, 0.5) is 0 Å². The van der Waals surface area contributed by atoms with Crippen molar-refractivity contribution in [1.82, 2.24) is 10.3 Å². The lowest BCUT2D eigenvalue weighted by atomic mass is 10.3. The van der Waals surface area contributed by atoms with Crippen molar-refractivity contribution >= 4 is 5.91 Å². The molecular formula is C12H16N2O2. The van der Waals surface area contributed by atoms with Gasteiger partial charge in [-0.2, -0.15) is 0 Å². The van der Waals surface area contributed by atoms with E-state index >= 15 is 0 Å². The minimum Gasteiger partial charge on any atom is -0.475 e. The van der Waals surface area contributed by atoms with E-state index < -0.39 is 0 Å². The van der Waals surface area contributed by atoms with Crippen molar-refractivity contribution in [2.24, 2.45) is 0 Å². The summed E-state index contributed by atoms with van der Waals surface area (Å²) < 4.78 is 5.64. The van der Waals surface area contributed by atoms with Crippen molar-refractivity contribution in [1.29, 1.82) is 0 Å². The number of carbonyl (C=O) groups is 1. The number of hydrogen-bond acceptors (Lipinski definition) is 3. The van der Waals surface area contributed by atoms with E-state index in [-0.39, 0.29) is 11.4 Å². The van der Waals surface area contributed by atoms with Crippen LogP contribution in [0.3, 0.4) is 0 Å². The average molecular weight is 220 g/mol. The van der Waals surface area contributed by atoms with Gasteiger partial charge in [-0.3, -0.25) is 4.79 Å². The summed E-state index contributed by atoms with van der Waals surface area (Å²) in [6, 6.07) is 3.84. The van der Waals surface area contributed by atoms with E-state index in [4.69, 9.17) is 4.74 Å². The first-order valence-electron chi connectivity index (χ1n) is 5.44. The number of hydrogen-bond donors (Lipinski definition) is 1. The predicted octanol–water partition coefficient (Wildman–Crippen LogP) is 1.44. The highest BCUT2D eigenvalue weighted by atomic mass is 16.5. The second kappa shape index (κ2) is 4.12. The Hall–Kier alpha value is -1.58. The van der Waals surface area contributed by atoms with E-state index in [2.05, 4.69) is 10.3 Å². The Kier molecular flexibility index (Phi) is 2.81. The zero-order chi connectivity index (χ0) is 11.6. The number of pyridine rings is 1. The standard InChI is InChI=1S/C12H16N2O2/c1-9-4-3-7-13-11(9)16-8-12(5-6-12)14-10(2)15/h3-4,7H,5-6,8H2,1-2H3,(H,14,15). The van der Waals surface area contributed by atoms with E-state index in [0.29, 0.717) is 12.5 Å². The Morgan fingerprint density at radius 3 is 2.94 bits per heavy atom. The lowest BCUT2D eigenvalue weighted by Crippen LogP contribution is -2.40. The van der Waals surface area contributed by atoms with E-state index in [9.17, 15) is 4.79 Å². The summed E-state index contributed by atoms with van der Waals surface area (Å²) in [5, 5.41) is 2.93. The Bertz CT molecular complexity index is 400. The van der Waals surface area contributed by atoms with Crippen LogP contribution in [-0.4, -0.2) is 23.0 Å². The summed E-state index contributed by atoms with van der Waals surface area (Å²) in [6.45, 7) is 4.00. The summed E-state index contributed by atoms with van der Waals surface area (Å²) in [5.41, 5.74) is 0.872. The molecule has 0 unspecified atom stereocenters. The third kappa shape index (κ3) is 2.51. The lowest BCUT2D eigenvalue weighted by molar-refractivity contribution is -0.120. The van der Waals surface area contributed by atoms with Crippen LogP contribution >= 0.6 is 0 Å². The molecule has 1 aliphatic carbocycles. The normalized spacial score (nSPS) is 16.6. The van der Waals surface area contributed by atoms with Gasteiger partial charge >= 0.3 is 0 Å². The topological polar surface area (TPSA) is 51.2 Å². The lowest BCUT2D eigenvalue weighted by Gasteiger charge is -2.17. The quantitative estimate of drug-likeness (QED) is 0.835. The van der Waals surface area contributed by atoms with Gasteiger partial charge in [0, 0.05) is 18.7 Å². The fourth-order valence-electron chi connectivity index (χ4n) is 1.66. The summed E-state index contributed by atoms with van der Waals surface area (Å²) in [4.78, 5) is 15.1. The summed E-state index contributed by atoms with van der Waals surface area (Å²) in [7, 11) is 0. The molecule has 0 saturated heterocycles. The monoisotopic (exact) mass is 220 g/mol. The average Bonchev–Trinajstić information content (AvgIpc) is 2.96. The molecule has 0 atom stereocenters. The molecule has 16 heavy (non-hydrogen) atoms. The second-order valence-corrected chi connectivity index (χ2v) is 4.38. The van der Waals surface area contributed by atoms with Gasteiger partial charge in [0.15, 0.2) is 0 Å². The molecule has 0 aromatic carbocycles. The highest BCUT2D eigenvalue weighted by Gasteiger charge is 2.44. The third-order valence-corrected chi connectivity index (χ3v) is 2.74. The van der Waals surface area contributed by atoms with Crippen molar-refractivity contribution in [3.8, 4) is 5.88 Å². The minimum absolute atomic E-state index is 0.00107. The van der Waals surface area contributed by atoms with E-state index in [1.807, 2.05) is 19.1 Å². The first-order chi connectivity index (χ1) is 7.61. The minimum atomic E-state index is -0.143. The fraction of sp³-hybridized carbons (Fsp3) is 0.500. The van der Waals surface area contributed by atoms with Gasteiger partial charge in [0.05, 0.1) is 5.54 Å². The number of aromatic nitrogens is 1. The number of aryl methyl sites for hydroxylation is 1. The molecule has 0 bridgehead atoms. The SMILES string of the molecule is CC(=O)NC1(COc2ncccc2C)CC1. The van der Waals surface area contributed by atoms with E-state index in [0.717, 1.165) is 18.4 Å². The van der Waals surface area contributed by atoms with Gasteiger partial charge in [-0.25, -0.2) is 4.98 Å². The summed E-state index contributed by atoms with van der Waals surface area (Å²) in [6.07, 6.45) is 3.68. The molecule has 0 radical (unpaired) electrons. The highest BCUT2D eigenvalue weighted by Crippen LogP contribution is 2.35. The third-order valence-electron chi connectivity index (χ3n) is 2.74. The maximum Gasteiger partial charge on any atom is 0.217 e. The Balaban J connectivity index is 1.93. The number of rotatable bonds is 4. The first kappa shape index (κ1) is 10.9. The smallest absolute Gasteiger partial charge is 0.217 e. The molecular weight excluding hydrogens is 204 g/mol. The maximum atomic E-state index is 11.0. The van der Waals surface area contributed by atoms with Crippen molar-refractivity contribution in [2.45, 2.75) is 32.2 Å². The van der Waals surface area contributed by atoms with Crippen molar-refractivity contribution in [2.75, 3.05) is 6.61 Å². The predicted molar refractivity (Wildman–Crippen MR) is 60.3 cm³/mol. The molecule has 1 aliphatic rings. The molecule has 1 N–H and O–H groups in total. The molecule has 1 aromatic heterocycles. The van der Waals surface area contributed by atoms with Crippen LogP contribution in [0.2, 0.25) is 0 Å². The van der Waals surface area contributed by atoms with Crippen LogP contribution < -0.4 is 10.1 Å². The zero-order valence-corrected chi connectivity index (χ0v) is 9.62. The van der Waals surface area contributed by atoms with Gasteiger partial charge in [-0.05, 0) is 25.8 Å². The van der Waals surface area contributed by atoms with Crippen molar-refractivity contribution in [3.63, 3.8) is 0 Å². The molecule has 2 rings (SSSR count). The molecule has 1 fully saturated rings.